The zero-order valence-corrected chi connectivity index (χ0v) is 20.0. The average molecular weight is 473 g/mol. The lowest BCUT2D eigenvalue weighted by molar-refractivity contribution is 0.0290. The molecule has 4 heterocycles. The Morgan fingerprint density at radius 2 is 2.09 bits per heavy atom. The molecular formula is C23H32N6O3S. The predicted octanol–water partition coefficient (Wildman–Crippen LogP) is 4.49. The van der Waals surface area contributed by atoms with Crippen molar-refractivity contribution in [2.24, 2.45) is 0 Å². The fourth-order valence-electron chi connectivity index (χ4n) is 3.61. The summed E-state index contributed by atoms with van der Waals surface area (Å²) in [5.74, 6) is 0.0837. The summed E-state index contributed by atoms with van der Waals surface area (Å²) < 4.78 is 6.17. The molecule has 1 fully saturated rings. The summed E-state index contributed by atoms with van der Waals surface area (Å²) in [5, 5.41) is 8.16. The molecule has 2 amide bonds. The second-order valence-corrected chi connectivity index (χ2v) is 9.95. The summed E-state index contributed by atoms with van der Waals surface area (Å²) in [6.07, 6.45) is 2.03. The lowest BCUT2D eigenvalue weighted by Crippen LogP contribution is -2.40. The van der Waals surface area contributed by atoms with Crippen molar-refractivity contribution >= 4 is 39.5 Å². The van der Waals surface area contributed by atoms with Gasteiger partial charge in [-0.3, -0.25) is 9.78 Å². The van der Waals surface area contributed by atoms with Crippen LogP contribution in [0.1, 0.15) is 59.2 Å². The zero-order valence-electron chi connectivity index (χ0n) is 19.2. The molecule has 2 N–H and O–H groups in total. The second-order valence-electron chi connectivity index (χ2n) is 9.04. The van der Waals surface area contributed by atoms with Gasteiger partial charge in [0.2, 0.25) is 5.95 Å². The largest absolute Gasteiger partial charge is 0.444 e. The van der Waals surface area contributed by atoms with E-state index in [0.717, 1.165) is 10.4 Å². The lowest BCUT2D eigenvalue weighted by atomic mass is 10.2. The number of carbonyl (C=O) groups excluding carboxylic acids is 2. The van der Waals surface area contributed by atoms with Gasteiger partial charge in [-0.05, 0) is 57.7 Å². The van der Waals surface area contributed by atoms with Crippen molar-refractivity contribution in [2.45, 2.75) is 51.8 Å². The van der Waals surface area contributed by atoms with E-state index < -0.39 is 5.60 Å². The average Bonchev–Trinajstić information content (AvgIpc) is 3.42. The van der Waals surface area contributed by atoms with Crippen molar-refractivity contribution in [2.75, 3.05) is 18.4 Å². The molecule has 0 radical (unpaired) electrons. The molecule has 2 unspecified atom stereocenters. The third kappa shape index (κ3) is 5.57. The monoisotopic (exact) mass is 472 g/mol. The fraction of sp³-hybridized carbons (Fsp3) is 0.435. The minimum Gasteiger partial charge on any atom is -0.444 e. The van der Waals surface area contributed by atoms with Crippen LogP contribution in [0, 0.1) is 0 Å². The third-order valence-corrected chi connectivity index (χ3v) is 6.08. The van der Waals surface area contributed by atoms with Crippen LogP contribution in [0.4, 0.5) is 10.7 Å². The summed E-state index contributed by atoms with van der Waals surface area (Å²) in [4.78, 5) is 40.5. The van der Waals surface area contributed by atoms with Gasteiger partial charge in [0.15, 0.2) is 5.69 Å². The van der Waals surface area contributed by atoms with E-state index in [1.54, 1.807) is 11.1 Å². The number of hydrogen-bond donors (Lipinski definition) is 2. The predicted molar refractivity (Wildman–Crippen MR) is 132 cm³/mol. The number of fused-ring (bicyclic) bond motifs is 1. The van der Waals surface area contributed by atoms with Gasteiger partial charge in [0.1, 0.15) is 5.60 Å². The number of pyridine rings is 1. The third-order valence-electron chi connectivity index (χ3n) is 5.17. The Hall–Kier alpha value is -3.27. The molecule has 3 aromatic heterocycles. The molecule has 0 saturated carbocycles. The van der Waals surface area contributed by atoms with Crippen LogP contribution < -0.4 is 10.6 Å². The highest BCUT2D eigenvalue weighted by atomic mass is 32.1. The highest BCUT2D eigenvalue weighted by Crippen LogP contribution is 2.25. The van der Waals surface area contributed by atoms with E-state index in [0.29, 0.717) is 36.7 Å². The maximum absolute atomic E-state index is 13.2. The Balaban J connectivity index is 0.00000216. The van der Waals surface area contributed by atoms with Crippen LogP contribution in [0.2, 0.25) is 0 Å². The number of ether oxygens (including phenoxy) is 1. The quantitative estimate of drug-likeness (QED) is 0.563. The summed E-state index contributed by atoms with van der Waals surface area (Å²) in [7, 11) is 0. The first kappa shape index (κ1) is 22.9. The highest BCUT2D eigenvalue weighted by Gasteiger charge is 2.31. The van der Waals surface area contributed by atoms with Crippen LogP contribution >= 0.6 is 11.3 Å². The number of aromatic nitrogens is 3. The zero-order chi connectivity index (χ0) is 23.6. The molecule has 4 rings (SSSR count). The number of carbonyl (C=O) groups is 2. The molecule has 2 atom stereocenters. The SMILES string of the molecule is CC(Nc1nc(C(=O)NC2CCN(C(=O)OC(C)(C)C)C2)c2sccc2n1)c1ccccn1.[HH].[HH]. The van der Waals surface area contributed by atoms with Crippen molar-refractivity contribution in [1.29, 1.82) is 0 Å². The number of hydrogen-bond acceptors (Lipinski definition) is 8. The van der Waals surface area contributed by atoms with Crippen molar-refractivity contribution in [3.8, 4) is 0 Å². The summed E-state index contributed by atoms with van der Waals surface area (Å²) in [6.45, 7) is 8.41. The van der Waals surface area contributed by atoms with Crippen molar-refractivity contribution in [3.63, 3.8) is 0 Å². The second kappa shape index (κ2) is 9.30. The Morgan fingerprint density at radius 1 is 1.27 bits per heavy atom. The molecule has 0 aliphatic carbocycles. The Labute approximate surface area is 199 Å². The molecule has 3 aromatic rings. The van der Waals surface area contributed by atoms with E-state index in [4.69, 9.17) is 4.74 Å². The minimum absolute atomic E-state index is 0. The van der Waals surface area contributed by atoms with Gasteiger partial charge in [0.05, 0.1) is 22.0 Å². The molecule has 1 aliphatic heterocycles. The maximum Gasteiger partial charge on any atom is 0.410 e. The van der Waals surface area contributed by atoms with E-state index in [-0.39, 0.29) is 26.9 Å². The molecule has 9 nitrogen and oxygen atoms in total. The number of amides is 2. The van der Waals surface area contributed by atoms with E-state index in [1.165, 1.54) is 11.3 Å². The summed E-state index contributed by atoms with van der Waals surface area (Å²) >= 11 is 1.43. The van der Waals surface area contributed by atoms with E-state index >= 15 is 0 Å². The molecule has 1 aliphatic rings. The van der Waals surface area contributed by atoms with Gasteiger partial charge < -0.3 is 20.3 Å². The Bertz CT molecular complexity index is 1160. The van der Waals surface area contributed by atoms with Crippen LogP contribution in [-0.4, -0.2) is 56.6 Å². The topological polar surface area (TPSA) is 109 Å². The first-order valence-corrected chi connectivity index (χ1v) is 11.8. The molecule has 178 valence electrons. The van der Waals surface area contributed by atoms with Crippen LogP contribution in [-0.2, 0) is 4.74 Å². The summed E-state index contributed by atoms with van der Waals surface area (Å²) in [5.41, 5.74) is 1.32. The van der Waals surface area contributed by atoms with Crippen LogP contribution in [0.25, 0.3) is 10.2 Å². The van der Waals surface area contributed by atoms with Gasteiger partial charge in [-0.25, -0.2) is 14.8 Å². The number of rotatable bonds is 5. The van der Waals surface area contributed by atoms with Gasteiger partial charge in [-0.1, -0.05) is 6.07 Å². The van der Waals surface area contributed by atoms with E-state index in [1.807, 2.05) is 57.3 Å². The number of nitrogens with zero attached hydrogens (tertiary/aromatic N) is 4. The van der Waals surface area contributed by atoms with Crippen molar-refractivity contribution < 1.29 is 17.2 Å². The maximum atomic E-state index is 13.2. The first-order valence-electron chi connectivity index (χ1n) is 10.9. The number of likely N-dealkylation sites (tertiary alicyclic amines) is 1. The number of nitrogens with one attached hydrogen (secondary N) is 2. The molecule has 1 saturated heterocycles. The molecular weight excluding hydrogens is 440 g/mol. The fourth-order valence-corrected chi connectivity index (χ4v) is 4.42. The van der Waals surface area contributed by atoms with Gasteiger partial charge in [0, 0.05) is 28.2 Å². The van der Waals surface area contributed by atoms with E-state index in [9.17, 15) is 9.59 Å². The smallest absolute Gasteiger partial charge is 0.410 e. The van der Waals surface area contributed by atoms with Gasteiger partial charge in [0.25, 0.3) is 5.91 Å². The normalized spacial score (nSPS) is 17.1. The van der Waals surface area contributed by atoms with Gasteiger partial charge in [-0.15, -0.1) is 11.3 Å². The molecule has 10 heteroatoms. The van der Waals surface area contributed by atoms with E-state index in [2.05, 4.69) is 25.6 Å². The number of thiophene rings is 1. The molecule has 0 spiro atoms. The van der Waals surface area contributed by atoms with Crippen LogP contribution in [0.3, 0.4) is 0 Å². The molecule has 33 heavy (non-hydrogen) atoms. The van der Waals surface area contributed by atoms with Crippen molar-refractivity contribution in [1.82, 2.24) is 25.2 Å². The standard InChI is InChI=1S/C23H28N6O3S.2H2/c1-14(16-7-5-6-10-24-16)25-21-27-17-9-12-33-19(17)18(28-21)20(30)26-15-8-11-29(13-15)22(31)32-23(2,3)4;;/h5-7,9-10,12,14-15H,8,11,13H2,1-4H3,(H,26,30)(H,25,27,28);2*1H. The Morgan fingerprint density at radius 3 is 2.82 bits per heavy atom. The molecule has 0 bridgehead atoms. The minimum atomic E-state index is -0.556. The van der Waals surface area contributed by atoms with Crippen LogP contribution in [0.5, 0.6) is 0 Å². The highest BCUT2D eigenvalue weighted by molar-refractivity contribution is 7.17. The Kier molecular flexibility index (Phi) is 6.46. The van der Waals surface area contributed by atoms with Gasteiger partial charge >= 0.3 is 6.09 Å². The molecule has 0 aromatic carbocycles. The van der Waals surface area contributed by atoms with Gasteiger partial charge in [-0.2, -0.15) is 0 Å². The first-order chi connectivity index (χ1) is 15.7. The van der Waals surface area contributed by atoms with Crippen molar-refractivity contribution in [3.05, 3.63) is 47.2 Å². The van der Waals surface area contributed by atoms with Crippen LogP contribution in [0.15, 0.2) is 35.8 Å². The lowest BCUT2D eigenvalue weighted by Gasteiger charge is -2.24. The number of anilines is 1. The summed E-state index contributed by atoms with van der Waals surface area (Å²) in [6, 6.07) is 7.28.